The molecule has 2 aromatic rings. The summed E-state index contributed by atoms with van der Waals surface area (Å²) in [6.45, 7) is 5.78. The van der Waals surface area contributed by atoms with Crippen molar-refractivity contribution in [2.75, 3.05) is 39.3 Å². The molecular formula is C24H30ClN5O3. The number of amides is 3. The number of nitrogens with one attached hydrogen (secondary N) is 3. The van der Waals surface area contributed by atoms with Crippen LogP contribution in [0.1, 0.15) is 41.7 Å². The van der Waals surface area contributed by atoms with E-state index in [0.717, 1.165) is 25.9 Å². The Bertz CT molecular complexity index is 981. The molecule has 0 aliphatic carbocycles. The first kappa shape index (κ1) is 23.3. The van der Waals surface area contributed by atoms with Gasteiger partial charge in [-0.15, -0.1) is 0 Å². The molecule has 3 amide bonds. The fraction of sp³-hybridized carbons (Fsp3) is 0.458. The summed E-state index contributed by atoms with van der Waals surface area (Å²) in [6.07, 6.45) is 3.34. The van der Waals surface area contributed by atoms with Gasteiger partial charge in [-0.3, -0.25) is 4.79 Å². The van der Waals surface area contributed by atoms with Gasteiger partial charge in [0.25, 0.3) is 5.91 Å². The standard InChI is InChI=1S/C24H30ClN5O3/c1-17(18-5-3-2-4-6-18)15-33-19-13-20(25)21(28-14-19)22(31)27-11-12-30-16-24(29-23(30)32)7-9-26-10-8-24/h2-6,13-14,17,26H,7-12,15-16H2,1H3,(H,27,31)(H,29,32)/t17-/m1/s1. The zero-order chi connectivity index (χ0) is 23.3. The Balaban J connectivity index is 1.25. The van der Waals surface area contributed by atoms with E-state index in [-0.39, 0.29) is 34.1 Å². The summed E-state index contributed by atoms with van der Waals surface area (Å²) in [5, 5.41) is 9.47. The van der Waals surface area contributed by atoms with Gasteiger partial charge in [0.05, 0.1) is 23.4 Å². The van der Waals surface area contributed by atoms with E-state index in [2.05, 4.69) is 40.0 Å². The first-order valence-corrected chi connectivity index (χ1v) is 11.7. The predicted octanol–water partition coefficient (Wildman–Crippen LogP) is 2.79. The maximum Gasteiger partial charge on any atom is 0.318 e. The highest BCUT2D eigenvalue weighted by atomic mass is 35.5. The number of hydrogen-bond acceptors (Lipinski definition) is 5. The van der Waals surface area contributed by atoms with Crippen LogP contribution in [0.2, 0.25) is 5.02 Å². The average Bonchev–Trinajstić information content (AvgIpc) is 3.12. The van der Waals surface area contributed by atoms with E-state index in [1.807, 2.05) is 18.2 Å². The molecule has 3 N–H and O–H groups in total. The van der Waals surface area contributed by atoms with Gasteiger partial charge in [0, 0.05) is 31.6 Å². The molecule has 1 spiro atoms. The van der Waals surface area contributed by atoms with Crippen LogP contribution in [0.15, 0.2) is 42.6 Å². The first-order valence-electron chi connectivity index (χ1n) is 11.4. The minimum Gasteiger partial charge on any atom is -0.491 e. The van der Waals surface area contributed by atoms with Crippen molar-refractivity contribution in [3.8, 4) is 5.75 Å². The molecule has 0 radical (unpaired) electrons. The van der Waals surface area contributed by atoms with Gasteiger partial charge < -0.3 is 25.6 Å². The molecule has 1 aromatic heterocycles. The summed E-state index contributed by atoms with van der Waals surface area (Å²) in [5.41, 5.74) is 1.18. The molecule has 9 heteroatoms. The third-order valence-corrected chi connectivity index (χ3v) is 6.57. The van der Waals surface area contributed by atoms with Crippen molar-refractivity contribution < 1.29 is 14.3 Å². The van der Waals surface area contributed by atoms with Gasteiger partial charge in [0.1, 0.15) is 11.4 Å². The maximum atomic E-state index is 12.6. The quantitative estimate of drug-likeness (QED) is 0.550. The van der Waals surface area contributed by atoms with Gasteiger partial charge in [0.2, 0.25) is 0 Å². The molecule has 0 unspecified atom stereocenters. The SMILES string of the molecule is C[C@H](COc1cnc(C(=O)NCCN2CC3(CCNCC3)NC2=O)c(Cl)c1)c1ccccc1. The van der Waals surface area contributed by atoms with Crippen LogP contribution in [-0.2, 0) is 0 Å². The molecule has 0 saturated carbocycles. The van der Waals surface area contributed by atoms with Crippen LogP contribution < -0.4 is 20.7 Å². The highest BCUT2D eigenvalue weighted by Gasteiger charge is 2.42. The fourth-order valence-corrected chi connectivity index (χ4v) is 4.55. The highest BCUT2D eigenvalue weighted by Crippen LogP contribution is 2.25. The van der Waals surface area contributed by atoms with Crippen LogP contribution in [0.25, 0.3) is 0 Å². The third-order valence-electron chi connectivity index (χ3n) is 6.28. The number of rotatable bonds is 8. The lowest BCUT2D eigenvalue weighted by Crippen LogP contribution is -2.51. The molecule has 2 fully saturated rings. The Morgan fingerprint density at radius 3 is 2.79 bits per heavy atom. The van der Waals surface area contributed by atoms with Crippen LogP contribution in [0, 0.1) is 0 Å². The molecule has 176 valence electrons. The largest absolute Gasteiger partial charge is 0.491 e. The maximum absolute atomic E-state index is 12.6. The molecule has 2 aliphatic heterocycles. The van der Waals surface area contributed by atoms with E-state index in [9.17, 15) is 9.59 Å². The molecule has 1 aromatic carbocycles. The zero-order valence-corrected chi connectivity index (χ0v) is 19.5. The number of ether oxygens (including phenoxy) is 1. The average molecular weight is 472 g/mol. The van der Waals surface area contributed by atoms with E-state index < -0.39 is 0 Å². The summed E-state index contributed by atoms with van der Waals surface area (Å²) in [7, 11) is 0. The van der Waals surface area contributed by atoms with E-state index >= 15 is 0 Å². The number of nitrogens with zero attached hydrogens (tertiary/aromatic N) is 2. The number of carbonyl (C=O) groups is 2. The number of benzene rings is 1. The van der Waals surface area contributed by atoms with Crippen molar-refractivity contribution in [1.82, 2.24) is 25.8 Å². The number of piperidine rings is 1. The lowest BCUT2D eigenvalue weighted by atomic mass is 9.89. The van der Waals surface area contributed by atoms with Gasteiger partial charge in [-0.05, 0) is 31.5 Å². The summed E-state index contributed by atoms with van der Waals surface area (Å²) in [6, 6.07) is 11.6. The van der Waals surface area contributed by atoms with Crippen LogP contribution >= 0.6 is 11.6 Å². The number of aromatic nitrogens is 1. The molecule has 3 heterocycles. The van der Waals surface area contributed by atoms with Gasteiger partial charge in [0.15, 0.2) is 0 Å². The van der Waals surface area contributed by atoms with Crippen molar-refractivity contribution in [2.45, 2.75) is 31.2 Å². The molecule has 2 aliphatic rings. The molecule has 2 saturated heterocycles. The lowest BCUT2D eigenvalue weighted by Gasteiger charge is -2.33. The molecule has 33 heavy (non-hydrogen) atoms. The number of hydrogen-bond donors (Lipinski definition) is 3. The molecule has 0 bridgehead atoms. The van der Waals surface area contributed by atoms with Crippen LogP contribution in [0.5, 0.6) is 5.75 Å². The van der Waals surface area contributed by atoms with Crippen molar-refractivity contribution in [3.63, 3.8) is 0 Å². The summed E-state index contributed by atoms with van der Waals surface area (Å²) < 4.78 is 5.82. The second-order valence-corrected chi connectivity index (χ2v) is 9.17. The van der Waals surface area contributed by atoms with Gasteiger partial charge in [-0.1, -0.05) is 48.9 Å². The van der Waals surface area contributed by atoms with Crippen molar-refractivity contribution in [1.29, 1.82) is 0 Å². The van der Waals surface area contributed by atoms with Crippen LogP contribution in [0.3, 0.4) is 0 Å². The van der Waals surface area contributed by atoms with Crippen molar-refractivity contribution in [2.24, 2.45) is 0 Å². The van der Waals surface area contributed by atoms with Crippen molar-refractivity contribution >= 4 is 23.5 Å². The summed E-state index contributed by atoms with van der Waals surface area (Å²) in [5.74, 6) is 0.348. The number of pyridine rings is 1. The van der Waals surface area contributed by atoms with E-state index in [1.54, 1.807) is 11.0 Å². The smallest absolute Gasteiger partial charge is 0.318 e. The zero-order valence-electron chi connectivity index (χ0n) is 18.8. The van der Waals surface area contributed by atoms with Gasteiger partial charge in [-0.2, -0.15) is 0 Å². The minimum absolute atomic E-state index is 0.0754. The minimum atomic E-state index is -0.375. The molecular weight excluding hydrogens is 442 g/mol. The predicted molar refractivity (Wildman–Crippen MR) is 127 cm³/mol. The normalized spacial score (nSPS) is 18.1. The number of urea groups is 1. The summed E-state index contributed by atoms with van der Waals surface area (Å²) >= 11 is 6.30. The van der Waals surface area contributed by atoms with Crippen LogP contribution in [-0.4, -0.2) is 66.7 Å². The number of halogens is 1. The molecule has 4 rings (SSSR count). The monoisotopic (exact) mass is 471 g/mol. The van der Waals surface area contributed by atoms with Gasteiger partial charge >= 0.3 is 6.03 Å². The van der Waals surface area contributed by atoms with E-state index in [1.165, 1.54) is 11.8 Å². The van der Waals surface area contributed by atoms with E-state index in [4.69, 9.17) is 16.3 Å². The Morgan fingerprint density at radius 2 is 2.06 bits per heavy atom. The molecule has 1 atom stereocenters. The highest BCUT2D eigenvalue weighted by molar-refractivity contribution is 6.33. The lowest BCUT2D eigenvalue weighted by molar-refractivity contribution is 0.0945. The molecule has 8 nitrogen and oxygen atoms in total. The second kappa shape index (κ2) is 10.4. The third kappa shape index (κ3) is 5.75. The van der Waals surface area contributed by atoms with Crippen molar-refractivity contribution in [3.05, 3.63) is 58.9 Å². The fourth-order valence-electron chi connectivity index (χ4n) is 4.31. The number of carbonyl (C=O) groups excluding carboxylic acids is 2. The Labute approximate surface area is 199 Å². The Morgan fingerprint density at radius 1 is 1.30 bits per heavy atom. The van der Waals surface area contributed by atoms with Crippen LogP contribution in [0.4, 0.5) is 4.79 Å². The summed E-state index contributed by atoms with van der Waals surface area (Å²) in [4.78, 5) is 30.8. The first-order chi connectivity index (χ1) is 16.0. The Hall–Kier alpha value is -2.84. The van der Waals surface area contributed by atoms with E-state index in [0.29, 0.717) is 32.0 Å². The topological polar surface area (TPSA) is 95.6 Å². The second-order valence-electron chi connectivity index (χ2n) is 8.76. The Kier molecular flexibility index (Phi) is 7.35. The van der Waals surface area contributed by atoms with Gasteiger partial charge in [-0.25, -0.2) is 9.78 Å².